The maximum Gasteiger partial charge on any atom is 0.326 e. The zero-order valence-corrected chi connectivity index (χ0v) is 17.0. The lowest BCUT2D eigenvalue weighted by Gasteiger charge is -2.25. The van der Waals surface area contributed by atoms with Crippen LogP contribution in [0.15, 0.2) is 48.5 Å². The molecule has 0 spiro atoms. The average Bonchev–Trinajstić information content (AvgIpc) is 2.64. The van der Waals surface area contributed by atoms with Gasteiger partial charge in [-0.1, -0.05) is 47.8 Å². The molecule has 0 aromatic heterocycles. The average molecular weight is 420 g/mol. The molecular weight excluding hydrogens is 397 g/mol. The molecule has 1 aliphatic rings. The van der Waals surface area contributed by atoms with Crippen molar-refractivity contribution in [1.82, 2.24) is 5.32 Å². The van der Waals surface area contributed by atoms with E-state index in [1.807, 2.05) is 30.3 Å². The van der Waals surface area contributed by atoms with Gasteiger partial charge in [0.15, 0.2) is 0 Å². The third-order valence-corrected chi connectivity index (χ3v) is 5.56. The molecule has 2 aromatic carbocycles. The maximum absolute atomic E-state index is 12.9. The predicted molar refractivity (Wildman–Crippen MR) is 114 cm³/mol. The highest BCUT2D eigenvalue weighted by atomic mass is 35.5. The number of hydrogen-bond donors (Lipinski definition) is 2. The number of amides is 3. The minimum absolute atomic E-state index is 0.123. The predicted octanol–water partition coefficient (Wildman–Crippen LogP) is 5.34. The Hall–Kier alpha value is -2.24. The number of carbonyl (C=O) groups is 2. The second-order valence-electron chi connectivity index (χ2n) is 6.82. The van der Waals surface area contributed by atoms with E-state index < -0.39 is 0 Å². The van der Waals surface area contributed by atoms with Gasteiger partial charge in [-0.05, 0) is 49.6 Å². The van der Waals surface area contributed by atoms with E-state index in [2.05, 4.69) is 10.6 Å². The summed E-state index contributed by atoms with van der Waals surface area (Å²) in [5.74, 6) is 0.293. The zero-order valence-electron chi connectivity index (χ0n) is 15.5. The van der Waals surface area contributed by atoms with Crippen LogP contribution in [0.4, 0.5) is 16.2 Å². The fourth-order valence-corrected chi connectivity index (χ4v) is 3.28. The van der Waals surface area contributed by atoms with Crippen molar-refractivity contribution in [3.8, 4) is 0 Å². The van der Waals surface area contributed by atoms with Gasteiger partial charge in [-0.2, -0.15) is 0 Å². The summed E-state index contributed by atoms with van der Waals surface area (Å²) in [5.41, 5.74) is 1.35. The summed E-state index contributed by atoms with van der Waals surface area (Å²) < 4.78 is 0. The first-order valence-electron chi connectivity index (χ1n) is 9.41. The Morgan fingerprint density at radius 1 is 1.04 bits per heavy atom. The first-order valence-corrected chi connectivity index (χ1v) is 10.2. The molecule has 0 aliphatic heterocycles. The molecule has 1 fully saturated rings. The molecule has 148 valence electrons. The molecule has 0 radical (unpaired) electrons. The molecule has 5 nitrogen and oxygen atoms in total. The maximum atomic E-state index is 12.9. The third kappa shape index (κ3) is 5.40. The van der Waals surface area contributed by atoms with Crippen LogP contribution in [-0.2, 0) is 4.79 Å². The van der Waals surface area contributed by atoms with Gasteiger partial charge in [-0.3, -0.25) is 9.69 Å². The fourth-order valence-electron chi connectivity index (χ4n) is 2.98. The summed E-state index contributed by atoms with van der Waals surface area (Å²) >= 11 is 12.0. The zero-order chi connectivity index (χ0) is 19.9. The van der Waals surface area contributed by atoms with Gasteiger partial charge in [0.2, 0.25) is 5.91 Å². The number of urea groups is 1. The molecule has 28 heavy (non-hydrogen) atoms. The number of nitrogens with zero attached hydrogens (tertiary/aromatic N) is 1. The molecular formula is C21H23Cl2N3O2. The van der Waals surface area contributed by atoms with Gasteiger partial charge in [0.25, 0.3) is 0 Å². The number of halogens is 2. The molecule has 1 saturated carbocycles. The van der Waals surface area contributed by atoms with Crippen molar-refractivity contribution < 1.29 is 9.59 Å². The molecule has 0 bridgehead atoms. The molecule has 2 N–H and O–H groups in total. The van der Waals surface area contributed by atoms with Gasteiger partial charge in [0, 0.05) is 30.4 Å². The number of hydrogen-bond acceptors (Lipinski definition) is 2. The monoisotopic (exact) mass is 419 g/mol. The minimum atomic E-state index is -0.269. The first kappa shape index (κ1) is 20.5. The summed E-state index contributed by atoms with van der Waals surface area (Å²) in [4.78, 5) is 26.5. The number of nitrogens with one attached hydrogen (secondary N) is 2. The van der Waals surface area contributed by atoms with E-state index in [9.17, 15) is 9.59 Å². The van der Waals surface area contributed by atoms with Crippen LogP contribution in [0.1, 0.15) is 25.7 Å². The largest absolute Gasteiger partial charge is 0.356 e. The molecule has 0 heterocycles. The Balaban J connectivity index is 1.60. The van der Waals surface area contributed by atoms with Gasteiger partial charge >= 0.3 is 6.03 Å². The van der Waals surface area contributed by atoms with Gasteiger partial charge < -0.3 is 10.6 Å². The third-order valence-electron chi connectivity index (χ3n) is 4.82. The smallest absolute Gasteiger partial charge is 0.326 e. The topological polar surface area (TPSA) is 61.4 Å². The first-order chi connectivity index (χ1) is 13.5. The Morgan fingerprint density at radius 2 is 1.79 bits per heavy atom. The van der Waals surface area contributed by atoms with Gasteiger partial charge in [-0.25, -0.2) is 4.79 Å². The quantitative estimate of drug-likeness (QED) is 0.594. The van der Waals surface area contributed by atoms with Crippen molar-refractivity contribution in [2.24, 2.45) is 5.92 Å². The van der Waals surface area contributed by atoms with Crippen molar-refractivity contribution in [2.45, 2.75) is 25.7 Å². The van der Waals surface area contributed by atoms with Crippen LogP contribution in [0.25, 0.3) is 0 Å². The number of para-hydroxylation sites is 1. The Labute approximate surface area is 175 Å². The normalized spacial score (nSPS) is 13.5. The lowest BCUT2D eigenvalue weighted by Crippen LogP contribution is -2.39. The van der Waals surface area contributed by atoms with Gasteiger partial charge in [0.05, 0.1) is 10.0 Å². The molecule has 0 atom stereocenters. The molecule has 0 unspecified atom stereocenters. The van der Waals surface area contributed by atoms with Crippen LogP contribution >= 0.6 is 23.2 Å². The second-order valence-corrected chi connectivity index (χ2v) is 7.63. The number of rotatable bonds is 7. The molecule has 0 saturated heterocycles. The molecule has 7 heteroatoms. The van der Waals surface area contributed by atoms with Crippen LogP contribution in [0, 0.1) is 5.92 Å². The standard InChI is InChI=1S/C21H23Cl2N3O2/c22-18-11-10-16(14-19(18)23)25-21(28)26(17-8-2-1-3-9-17)13-5-12-24-20(27)15-6-4-7-15/h1-3,8-11,14-15H,4-7,12-13H2,(H,24,27)(H,25,28). The van der Waals surface area contributed by atoms with Crippen molar-refractivity contribution in [3.05, 3.63) is 58.6 Å². The van der Waals surface area contributed by atoms with Crippen LogP contribution in [0.2, 0.25) is 10.0 Å². The van der Waals surface area contributed by atoms with E-state index in [1.165, 1.54) is 0 Å². The van der Waals surface area contributed by atoms with Crippen LogP contribution in [-0.4, -0.2) is 25.0 Å². The summed E-state index contributed by atoms with van der Waals surface area (Å²) in [6.45, 7) is 1.01. The number of carbonyl (C=O) groups excluding carboxylic acids is 2. The van der Waals surface area contributed by atoms with Gasteiger partial charge in [-0.15, -0.1) is 0 Å². The molecule has 2 aromatic rings. The summed E-state index contributed by atoms with van der Waals surface area (Å²) in [5, 5.41) is 6.63. The van der Waals surface area contributed by atoms with E-state index in [4.69, 9.17) is 23.2 Å². The summed E-state index contributed by atoms with van der Waals surface area (Å²) in [6, 6.07) is 14.1. The SMILES string of the molecule is O=C(NCCCN(C(=O)Nc1ccc(Cl)c(Cl)c1)c1ccccc1)C1CCC1. The van der Waals surface area contributed by atoms with E-state index in [1.54, 1.807) is 23.1 Å². The Kier molecular flexibility index (Phi) is 7.18. The van der Waals surface area contributed by atoms with Crippen molar-refractivity contribution in [3.63, 3.8) is 0 Å². The lowest BCUT2D eigenvalue weighted by molar-refractivity contribution is -0.127. The number of benzene rings is 2. The Bertz CT molecular complexity index is 826. The highest BCUT2D eigenvalue weighted by Gasteiger charge is 2.24. The van der Waals surface area contributed by atoms with E-state index in [0.29, 0.717) is 35.2 Å². The van der Waals surface area contributed by atoms with E-state index in [-0.39, 0.29) is 17.9 Å². The van der Waals surface area contributed by atoms with Crippen LogP contribution in [0.3, 0.4) is 0 Å². The van der Waals surface area contributed by atoms with Crippen molar-refractivity contribution >= 4 is 46.5 Å². The summed E-state index contributed by atoms with van der Waals surface area (Å²) in [6.07, 6.45) is 3.75. The van der Waals surface area contributed by atoms with Crippen molar-refractivity contribution in [1.29, 1.82) is 0 Å². The van der Waals surface area contributed by atoms with Crippen LogP contribution in [0.5, 0.6) is 0 Å². The highest BCUT2D eigenvalue weighted by molar-refractivity contribution is 6.42. The Morgan fingerprint density at radius 3 is 2.43 bits per heavy atom. The molecule has 1 aliphatic carbocycles. The van der Waals surface area contributed by atoms with Crippen LogP contribution < -0.4 is 15.5 Å². The van der Waals surface area contributed by atoms with Crippen molar-refractivity contribution in [2.75, 3.05) is 23.3 Å². The van der Waals surface area contributed by atoms with Gasteiger partial charge in [0.1, 0.15) is 0 Å². The fraction of sp³-hybridized carbons (Fsp3) is 0.333. The number of anilines is 2. The van der Waals surface area contributed by atoms with E-state index in [0.717, 1.165) is 24.9 Å². The second kappa shape index (κ2) is 9.80. The van der Waals surface area contributed by atoms with E-state index >= 15 is 0 Å². The highest BCUT2D eigenvalue weighted by Crippen LogP contribution is 2.27. The molecule has 3 amide bonds. The molecule has 3 rings (SSSR count). The summed E-state index contributed by atoms with van der Waals surface area (Å²) in [7, 11) is 0. The lowest BCUT2D eigenvalue weighted by atomic mass is 9.85. The minimum Gasteiger partial charge on any atom is -0.356 e.